The van der Waals surface area contributed by atoms with Crippen LogP contribution in [0.2, 0.25) is 0 Å². The lowest BCUT2D eigenvalue weighted by Crippen LogP contribution is -2.36. The molecule has 23 heavy (non-hydrogen) atoms. The zero-order valence-corrected chi connectivity index (χ0v) is 13.3. The Morgan fingerprint density at radius 2 is 2.04 bits per heavy atom. The smallest absolute Gasteiger partial charge is 0.280 e. The van der Waals surface area contributed by atoms with Gasteiger partial charge in [0.05, 0.1) is 32.1 Å². The SMILES string of the molecule is COc1ccc(COC2CCCCC2)nc1C(=O)NC(=O)CN. The highest BCUT2D eigenvalue weighted by Crippen LogP contribution is 2.22. The molecule has 1 aromatic heterocycles. The highest BCUT2D eigenvalue weighted by Gasteiger charge is 2.18. The maximum atomic E-state index is 12.1. The molecule has 0 atom stereocenters. The molecular weight excluding hydrogens is 298 g/mol. The van der Waals surface area contributed by atoms with Crippen molar-refractivity contribution in [1.29, 1.82) is 0 Å². The molecule has 1 aliphatic carbocycles. The van der Waals surface area contributed by atoms with Gasteiger partial charge in [0.2, 0.25) is 5.91 Å². The van der Waals surface area contributed by atoms with Crippen molar-refractivity contribution in [3.8, 4) is 5.75 Å². The number of hydrogen-bond donors (Lipinski definition) is 2. The van der Waals surface area contributed by atoms with E-state index in [0.29, 0.717) is 18.1 Å². The first-order valence-corrected chi connectivity index (χ1v) is 7.83. The Morgan fingerprint density at radius 3 is 2.70 bits per heavy atom. The number of nitrogens with two attached hydrogens (primary N) is 1. The number of hydrogen-bond acceptors (Lipinski definition) is 6. The van der Waals surface area contributed by atoms with Gasteiger partial charge >= 0.3 is 0 Å². The Balaban J connectivity index is 2.04. The van der Waals surface area contributed by atoms with E-state index in [1.165, 1.54) is 26.4 Å². The van der Waals surface area contributed by atoms with Crippen molar-refractivity contribution in [2.75, 3.05) is 13.7 Å². The molecule has 3 N–H and O–H groups in total. The second kappa shape index (κ2) is 8.59. The molecule has 1 saturated carbocycles. The topological polar surface area (TPSA) is 104 Å². The Bertz CT molecular complexity index is 556. The van der Waals surface area contributed by atoms with E-state index in [0.717, 1.165) is 12.8 Å². The number of carbonyl (C=O) groups is 2. The molecule has 1 fully saturated rings. The summed E-state index contributed by atoms with van der Waals surface area (Å²) in [6.45, 7) is 0.0678. The van der Waals surface area contributed by atoms with Crippen LogP contribution in [0.3, 0.4) is 0 Å². The number of nitrogens with one attached hydrogen (secondary N) is 1. The summed E-state index contributed by atoms with van der Waals surface area (Å²) in [5.41, 5.74) is 5.87. The molecule has 0 aromatic carbocycles. The van der Waals surface area contributed by atoms with Crippen LogP contribution in [0.4, 0.5) is 0 Å². The summed E-state index contributed by atoms with van der Waals surface area (Å²) in [6.07, 6.45) is 6.03. The monoisotopic (exact) mass is 321 g/mol. The first-order chi connectivity index (χ1) is 11.1. The number of nitrogens with zero attached hydrogens (tertiary/aromatic N) is 1. The molecule has 0 radical (unpaired) electrons. The van der Waals surface area contributed by atoms with Crippen LogP contribution < -0.4 is 15.8 Å². The fourth-order valence-corrected chi connectivity index (χ4v) is 2.57. The van der Waals surface area contributed by atoms with Gasteiger partial charge in [0.25, 0.3) is 5.91 Å². The van der Waals surface area contributed by atoms with Gasteiger partial charge in [0.1, 0.15) is 5.75 Å². The molecule has 0 saturated heterocycles. The molecular formula is C16H23N3O4. The van der Waals surface area contributed by atoms with E-state index in [1.807, 2.05) is 0 Å². The summed E-state index contributed by atoms with van der Waals surface area (Å²) in [7, 11) is 1.44. The van der Waals surface area contributed by atoms with Gasteiger partial charge in [0.15, 0.2) is 5.69 Å². The zero-order chi connectivity index (χ0) is 16.7. The van der Waals surface area contributed by atoms with Crippen molar-refractivity contribution in [2.45, 2.75) is 44.8 Å². The quantitative estimate of drug-likeness (QED) is 0.815. The van der Waals surface area contributed by atoms with Gasteiger partial charge in [-0.1, -0.05) is 19.3 Å². The van der Waals surface area contributed by atoms with Gasteiger partial charge in [-0.2, -0.15) is 0 Å². The van der Waals surface area contributed by atoms with Crippen molar-refractivity contribution in [3.05, 3.63) is 23.5 Å². The molecule has 1 aliphatic rings. The lowest BCUT2D eigenvalue weighted by Gasteiger charge is -2.21. The van der Waals surface area contributed by atoms with Gasteiger partial charge < -0.3 is 15.2 Å². The first-order valence-electron chi connectivity index (χ1n) is 7.83. The van der Waals surface area contributed by atoms with Crippen molar-refractivity contribution in [1.82, 2.24) is 10.3 Å². The number of ether oxygens (including phenoxy) is 2. The fraction of sp³-hybridized carbons (Fsp3) is 0.562. The molecule has 2 amide bonds. The van der Waals surface area contributed by atoms with Crippen molar-refractivity contribution in [2.24, 2.45) is 5.73 Å². The Hall–Kier alpha value is -1.99. The number of carbonyl (C=O) groups excluding carboxylic acids is 2. The van der Waals surface area contributed by atoms with E-state index in [9.17, 15) is 9.59 Å². The van der Waals surface area contributed by atoms with Crippen molar-refractivity contribution >= 4 is 11.8 Å². The molecule has 7 nitrogen and oxygen atoms in total. The highest BCUT2D eigenvalue weighted by atomic mass is 16.5. The van der Waals surface area contributed by atoms with Gasteiger partial charge in [-0.3, -0.25) is 14.9 Å². The lowest BCUT2D eigenvalue weighted by atomic mass is 9.98. The molecule has 1 aromatic rings. The number of pyridine rings is 1. The average Bonchev–Trinajstić information content (AvgIpc) is 2.60. The Labute approximate surface area is 135 Å². The molecule has 7 heteroatoms. The summed E-state index contributed by atoms with van der Waals surface area (Å²) in [6, 6.07) is 3.40. The summed E-state index contributed by atoms with van der Waals surface area (Å²) >= 11 is 0. The Morgan fingerprint density at radius 1 is 1.30 bits per heavy atom. The van der Waals surface area contributed by atoms with E-state index in [1.54, 1.807) is 12.1 Å². The largest absolute Gasteiger partial charge is 0.494 e. The molecule has 0 spiro atoms. The van der Waals surface area contributed by atoms with Crippen LogP contribution in [-0.4, -0.2) is 36.6 Å². The molecule has 0 bridgehead atoms. The average molecular weight is 321 g/mol. The minimum atomic E-state index is -0.628. The predicted molar refractivity (Wildman–Crippen MR) is 84.0 cm³/mol. The van der Waals surface area contributed by atoms with Crippen LogP contribution in [0.5, 0.6) is 5.75 Å². The third-order valence-corrected chi connectivity index (χ3v) is 3.81. The van der Waals surface area contributed by atoms with Crippen molar-refractivity contribution < 1.29 is 19.1 Å². The normalized spacial score (nSPS) is 15.2. The minimum absolute atomic E-state index is 0.0547. The highest BCUT2D eigenvalue weighted by molar-refractivity contribution is 6.05. The van der Waals surface area contributed by atoms with Gasteiger partial charge in [-0.05, 0) is 25.0 Å². The third-order valence-electron chi connectivity index (χ3n) is 3.81. The van der Waals surface area contributed by atoms with Crippen LogP contribution in [0.1, 0.15) is 48.3 Å². The molecule has 0 unspecified atom stereocenters. The fourth-order valence-electron chi connectivity index (χ4n) is 2.57. The number of aromatic nitrogens is 1. The molecule has 2 rings (SSSR count). The second-order valence-corrected chi connectivity index (χ2v) is 5.51. The van der Waals surface area contributed by atoms with Crippen LogP contribution in [0.15, 0.2) is 12.1 Å². The van der Waals surface area contributed by atoms with Crippen LogP contribution >= 0.6 is 0 Å². The Kier molecular flexibility index (Phi) is 6.49. The van der Waals surface area contributed by atoms with Crippen LogP contribution in [0.25, 0.3) is 0 Å². The molecule has 126 valence electrons. The molecule has 0 aliphatic heterocycles. The number of amides is 2. The predicted octanol–water partition coefficient (Wildman–Crippen LogP) is 1.15. The van der Waals surface area contributed by atoms with E-state index in [-0.39, 0.29) is 18.3 Å². The number of imide groups is 1. The van der Waals surface area contributed by atoms with Gasteiger partial charge in [-0.15, -0.1) is 0 Å². The van der Waals surface area contributed by atoms with Crippen molar-refractivity contribution in [3.63, 3.8) is 0 Å². The van der Waals surface area contributed by atoms with E-state index < -0.39 is 11.8 Å². The number of methoxy groups -OCH3 is 1. The summed E-state index contributed by atoms with van der Waals surface area (Å²) in [5.74, 6) is -0.895. The van der Waals surface area contributed by atoms with Gasteiger partial charge in [-0.25, -0.2) is 4.98 Å². The van der Waals surface area contributed by atoms with E-state index >= 15 is 0 Å². The van der Waals surface area contributed by atoms with Gasteiger partial charge in [0, 0.05) is 0 Å². The zero-order valence-electron chi connectivity index (χ0n) is 13.3. The molecule has 1 heterocycles. The second-order valence-electron chi connectivity index (χ2n) is 5.51. The minimum Gasteiger partial charge on any atom is -0.494 e. The van der Waals surface area contributed by atoms with Crippen LogP contribution in [0, 0.1) is 0 Å². The van der Waals surface area contributed by atoms with E-state index in [4.69, 9.17) is 15.2 Å². The summed E-state index contributed by atoms with van der Waals surface area (Å²) in [5, 5.41) is 2.17. The number of rotatable bonds is 6. The third kappa shape index (κ3) is 5.01. The summed E-state index contributed by atoms with van der Waals surface area (Å²) in [4.78, 5) is 27.6. The first kappa shape index (κ1) is 17.4. The maximum Gasteiger partial charge on any atom is 0.280 e. The maximum absolute atomic E-state index is 12.1. The van der Waals surface area contributed by atoms with Crippen LogP contribution in [-0.2, 0) is 16.1 Å². The van der Waals surface area contributed by atoms with E-state index in [2.05, 4.69) is 10.3 Å². The summed E-state index contributed by atoms with van der Waals surface area (Å²) < 4.78 is 11.0. The lowest BCUT2D eigenvalue weighted by molar-refractivity contribution is -0.118. The standard InChI is InChI=1S/C16H23N3O4/c1-22-13-8-7-11(10-23-12-5-3-2-4-6-12)18-15(13)16(21)19-14(20)9-17/h7-8,12H,2-6,9-10,17H2,1H3,(H,19,20,21).